The first-order valence-electron chi connectivity index (χ1n) is 5.86. The number of thiophene rings is 1. The molecule has 0 amide bonds. The predicted octanol–water partition coefficient (Wildman–Crippen LogP) is 3.38. The van der Waals surface area contributed by atoms with Crippen LogP contribution in [0, 0.1) is 0 Å². The second-order valence-electron chi connectivity index (χ2n) is 4.08. The molecular weight excluding hydrogens is 202 g/mol. The zero-order chi connectivity index (χ0) is 10.3. The minimum absolute atomic E-state index is 1.12. The van der Waals surface area contributed by atoms with Crippen molar-refractivity contribution >= 4 is 11.3 Å². The van der Waals surface area contributed by atoms with Crippen LogP contribution in [0.1, 0.15) is 30.6 Å². The van der Waals surface area contributed by atoms with E-state index in [1.54, 1.807) is 5.57 Å². The van der Waals surface area contributed by atoms with E-state index in [0.717, 1.165) is 13.1 Å². The molecule has 1 aromatic heterocycles. The molecule has 0 radical (unpaired) electrons. The fraction of sp³-hybridized carbons (Fsp3) is 0.538. The van der Waals surface area contributed by atoms with Gasteiger partial charge in [-0.2, -0.15) is 0 Å². The predicted molar refractivity (Wildman–Crippen MR) is 67.4 cm³/mol. The Morgan fingerprint density at radius 1 is 1.27 bits per heavy atom. The van der Waals surface area contributed by atoms with Gasteiger partial charge in [0.05, 0.1) is 0 Å². The molecular formula is C13H19NS. The van der Waals surface area contributed by atoms with Crippen LogP contribution in [-0.2, 0) is 6.42 Å². The topological polar surface area (TPSA) is 12.0 Å². The van der Waals surface area contributed by atoms with Crippen LogP contribution in [-0.4, -0.2) is 13.1 Å². The van der Waals surface area contributed by atoms with Crippen molar-refractivity contribution in [1.29, 1.82) is 0 Å². The first-order chi connectivity index (χ1) is 7.45. The van der Waals surface area contributed by atoms with Crippen molar-refractivity contribution in [2.45, 2.75) is 32.1 Å². The van der Waals surface area contributed by atoms with Gasteiger partial charge in [0.2, 0.25) is 0 Å². The van der Waals surface area contributed by atoms with Gasteiger partial charge in [-0.15, -0.1) is 11.3 Å². The lowest BCUT2D eigenvalue weighted by atomic mass is 10.2. The third-order valence-corrected chi connectivity index (χ3v) is 3.82. The second-order valence-corrected chi connectivity index (χ2v) is 5.12. The van der Waals surface area contributed by atoms with Crippen LogP contribution in [0.15, 0.2) is 29.2 Å². The second kappa shape index (κ2) is 6.09. The highest BCUT2D eigenvalue weighted by molar-refractivity contribution is 7.09. The first kappa shape index (κ1) is 10.9. The van der Waals surface area contributed by atoms with Crippen molar-refractivity contribution in [2.75, 3.05) is 13.1 Å². The monoisotopic (exact) mass is 221 g/mol. The van der Waals surface area contributed by atoms with Crippen molar-refractivity contribution in [3.8, 4) is 0 Å². The summed E-state index contributed by atoms with van der Waals surface area (Å²) in [5, 5.41) is 5.67. The average Bonchev–Trinajstić information content (AvgIpc) is 2.88. The number of nitrogens with one attached hydrogen (secondary N) is 1. The van der Waals surface area contributed by atoms with Gasteiger partial charge in [0.15, 0.2) is 0 Å². The molecule has 1 N–H and O–H groups in total. The zero-order valence-corrected chi connectivity index (χ0v) is 9.98. The summed E-state index contributed by atoms with van der Waals surface area (Å²) in [5.74, 6) is 0. The van der Waals surface area contributed by atoms with Gasteiger partial charge in [0.25, 0.3) is 0 Å². The van der Waals surface area contributed by atoms with Crippen LogP contribution in [0.4, 0.5) is 0 Å². The molecule has 1 aliphatic carbocycles. The molecule has 0 saturated carbocycles. The lowest BCUT2D eigenvalue weighted by Gasteiger charge is -2.04. The summed E-state index contributed by atoms with van der Waals surface area (Å²) in [7, 11) is 0. The Morgan fingerprint density at radius 3 is 2.93 bits per heavy atom. The molecule has 1 heterocycles. The maximum absolute atomic E-state index is 3.52. The fourth-order valence-electron chi connectivity index (χ4n) is 2.00. The third kappa shape index (κ3) is 3.80. The van der Waals surface area contributed by atoms with Crippen LogP contribution in [0.25, 0.3) is 0 Å². The van der Waals surface area contributed by atoms with Gasteiger partial charge in [0, 0.05) is 4.88 Å². The largest absolute Gasteiger partial charge is 0.316 e. The molecule has 0 atom stereocenters. The van der Waals surface area contributed by atoms with Gasteiger partial charge < -0.3 is 5.32 Å². The van der Waals surface area contributed by atoms with Crippen LogP contribution < -0.4 is 5.32 Å². The molecule has 0 unspecified atom stereocenters. The lowest BCUT2D eigenvalue weighted by Crippen LogP contribution is -2.18. The number of rotatable bonds is 6. The van der Waals surface area contributed by atoms with Gasteiger partial charge in [-0.05, 0) is 56.6 Å². The maximum Gasteiger partial charge on any atom is 0.00578 e. The molecule has 82 valence electrons. The summed E-state index contributed by atoms with van der Waals surface area (Å²) in [6.45, 7) is 2.27. The minimum Gasteiger partial charge on any atom is -0.316 e. The highest BCUT2D eigenvalue weighted by Gasteiger charge is 2.03. The minimum atomic E-state index is 1.12. The van der Waals surface area contributed by atoms with Crippen LogP contribution in [0.3, 0.4) is 0 Å². The highest BCUT2D eigenvalue weighted by atomic mass is 32.1. The number of hydrogen-bond acceptors (Lipinski definition) is 2. The van der Waals surface area contributed by atoms with Gasteiger partial charge in [-0.25, -0.2) is 0 Å². The molecule has 0 fully saturated rings. The molecule has 2 rings (SSSR count). The van der Waals surface area contributed by atoms with Crippen LogP contribution in [0.5, 0.6) is 0 Å². The molecule has 0 spiro atoms. The Hall–Kier alpha value is -0.600. The Bertz CT molecular complexity index is 300. The normalized spacial score (nSPS) is 15.6. The smallest absolute Gasteiger partial charge is 0.00578 e. The Balaban J connectivity index is 1.52. The molecule has 0 aromatic carbocycles. The van der Waals surface area contributed by atoms with E-state index < -0.39 is 0 Å². The van der Waals surface area contributed by atoms with E-state index in [0.29, 0.717) is 0 Å². The van der Waals surface area contributed by atoms with E-state index in [1.165, 1.54) is 37.0 Å². The van der Waals surface area contributed by atoms with Crippen LogP contribution >= 0.6 is 11.3 Å². The molecule has 1 aromatic rings. The summed E-state index contributed by atoms with van der Waals surface area (Å²) in [4.78, 5) is 1.49. The van der Waals surface area contributed by atoms with E-state index in [1.807, 2.05) is 11.3 Å². The van der Waals surface area contributed by atoms with E-state index in [2.05, 4.69) is 28.9 Å². The standard InChI is InChI=1S/C13H19NS/c1-2-5-12(4-1)7-9-14-10-8-13-6-3-11-15-13/h3-4,6,11,14H,1-2,5,7-10H2. The zero-order valence-electron chi connectivity index (χ0n) is 9.17. The van der Waals surface area contributed by atoms with Crippen molar-refractivity contribution in [1.82, 2.24) is 5.32 Å². The molecule has 2 heteroatoms. The molecule has 0 bridgehead atoms. The summed E-state index contributed by atoms with van der Waals surface area (Å²) in [6.07, 6.45) is 8.88. The van der Waals surface area contributed by atoms with Crippen molar-refractivity contribution < 1.29 is 0 Å². The quantitative estimate of drug-likeness (QED) is 0.573. The summed E-state index contributed by atoms with van der Waals surface area (Å²) < 4.78 is 0. The molecule has 1 nitrogen and oxygen atoms in total. The van der Waals surface area contributed by atoms with Gasteiger partial charge in [-0.1, -0.05) is 17.7 Å². The Kier molecular flexibility index (Phi) is 4.42. The van der Waals surface area contributed by atoms with Crippen molar-refractivity contribution in [3.63, 3.8) is 0 Å². The molecule has 15 heavy (non-hydrogen) atoms. The van der Waals surface area contributed by atoms with Gasteiger partial charge >= 0.3 is 0 Å². The van der Waals surface area contributed by atoms with E-state index >= 15 is 0 Å². The molecule has 1 aliphatic rings. The van der Waals surface area contributed by atoms with Crippen LogP contribution in [0.2, 0.25) is 0 Å². The number of hydrogen-bond donors (Lipinski definition) is 1. The highest BCUT2D eigenvalue weighted by Crippen LogP contribution is 2.19. The third-order valence-electron chi connectivity index (χ3n) is 2.89. The first-order valence-corrected chi connectivity index (χ1v) is 6.74. The summed E-state index contributed by atoms with van der Waals surface area (Å²) in [6, 6.07) is 4.34. The number of allylic oxidation sites excluding steroid dienone is 1. The van der Waals surface area contributed by atoms with E-state index in [4.69, 9.17) is 0 Å². The van der Waals surface area contributed by atoms with Crippen molar-refractivity contribution in [2.24, 2.45) is 0 Å². The average molecular weight is 221 g/mol. The maximum atomic E-state index is 3.52. The SMILES string of the molecule is C1=C(CCNCCc2cccs2)CCC1. The van der Waals surface area contributed by atoms with Gasteiger partial charge in [-0.3, -0.25) is 0 Å². The Morgan fingerprint density at radius 2 is 2.20 bits per heavy atom. The van der Waals surface area contributed by atoms with Gasteiger partial charge in [0.1, 0.15) is 0 Å². The molecule has 0 saturated heterocycles. The lowest BCUT2D eigenvalue weighted by molar-refractivity contribution is 0.675. The fourth-order valence-corrected chi connectivity index (χ4v) is 2.71. The molecule has 0 aliphatic heterocycles. The summed E-state index contributed by atoms with van der Waals surface area (Å²) in [5.41, 5.74) is 1.67. The Labute approximate surface area is 96.2 Å². The van der Waals surface area contributed by atoms with E-state index in [-0.39, 0.29) is 0 Å². The summed E-state index contributed by atoms with van der Waals surface area (Å²) >= 11 is 1.85. The van der Waals surface area contributed by atoms with Crippen molar-refractivity contribution in [3.05, 3.63) is 34.0 Å². The van der Waals surface area contributed by atoms with E-state index in [9.17, 15) is 0 Å².